The van der Waals surface area contributed by atoms with Gasteiger partial charge in [-0.05, 0) is 13.8 Å². The molecule has 0 aliphatic rings. The number of Topliss-reactive ketones (excluding diaryl/α,β-unsaturated/α-hetero) is 2. The average Bonchev–Trinajstić information content (AvgIpc) is 2.34. The van der Waals surface area contributed by atoms with Crippen LogP contribution in [0, 0.1) is 0 Å². The molecule has 0 saturated heterocycles. The second-order valence-electron chi connectivity index (χ2n) is 3.94. The number of aliphatic hydroxyl groups excluding tert-OH is 5. The predicted octanol–water partition coefficient (Wildman–Crippen LogP) is -2.82. The van der Waals surface area contributed by atoms with Crippen LogP contribution in [0.5, 0.6) is 0 Å². The summed E-state index contributed by atoms with van der Waals surface area (Å²) in [5.41, 5.74) is 0. The average molecular weight is 280 g/mol. The van der Waals surface area contributed by atoms with E-state index in [-0.39, 0.29) is 24.3 Å². The molecule has 0 amide bonds. The van der Waals surface area contributed by atoms with Gasteiger partial charge < -0.3 is 30.3 Å². The van der Waals surface area contributed by atoms with E-state index in [1.165, 1.54) is 13.8 Å². The van der Waals surface area contributed by atoms with Gasteiger partial charge in [0.15, 0.2) is 6.29 Å². The standard InChI is InChI=1S/C6H12O6.C5H8O2/c7-1-3(9)5(11)6(12)4(10)2-8;1-4(6)3-5(2)7/h1,3-6,8-12H,2H2;3H2,1-2H3/t3-,4+,5+,6+;/m0./s1. The zero-order valence-electron chi connectivity index (χ0n) is 10.8. The summed E-state index contributed by atoms with van der Waals surface area (Å²) >= 11 is 0. The summed E-state index contributed by atoms with van der Waals surface area (Å²) in [7, 11) is 0. The minimum atomic E-state index is -1.79. The molecule has 0 radical (unpaired) electrons. The van der Waals surface area contributed by atoms with Crippen molar-refractivity contribution in [3.8, 4) is 0 Å². The summed E-state index contributed by atoms with van der Waals surface area (Å²) in [6.45, 7) is 2.05. The molecule has 0 heterocycles. The first kappa shape index (κ1) is 20.1. The Bertz CT molecular complexity index is 278. The van der Waals surface area contributed by atoms with Gasteiger partial charge in [-0.1, -0.05) is 0 Å². The molecule has 4 atom stereocenters. The number of hydrogen-bond acceptors (Lipinski definition) is 8. The number of carbonyl (C=O) groups is 3. The Morgan fingerprint density at radius 1 is 1.00 bits per heavy atom. The number of aldehydes is 1. The molecule has 8 heteroatoms. The topological polar surface area (TPSA) is 152 Å². The maximum Gasteiger partial charge on any atom is 0.151 e. The number of ketones is 2. The van der Waals surface area contributed by atoms with E-state index in [2.05, 4.69) is 0 Å². The van der Waals surface area contributed by atoms with Crippen LogP contribution < -0.4 is 0 Å². The van der Waals surface area contributed by atoms with Crippen molar-refractivity contribution in [1.29, 1.82) is 0 Å². The lowest BCUT2D eigenvalue weighted by Crippen LogP contribution is -2.46. The van der Waals surface area contributed by atoms with Crippen molar-refractivity contribution >= 4 is 17.9 Å². The van der Waals surface area contributed by atoms with E-state index in [9.17, 15) is 14.4 Å². The Balaban J connectivity index is 0. The van der Waals surface area contributed by atoms with Gasteiger partial charge in [0.05, 0.1) is 13.0 Å². The lowest BCUT2D eigenvalue weighted by molar-refractivity contribution is -0.136. The van der Waals surface area contributed by atoms with Crippen LogP contribution in [0.25, 0.3) is 0 Å². The third kappa shape index (κ3) is 10.4. The van der Waals surface area contributed by atoms with Crippen LogP contribution in [-0.2, 0) is 14.4 Å². The fraction of sp³-hybridized carbons (Fsp3) is 0.727. The Morgan fingerprint density at radius 3 is 1.63 bits per heavy atom. The quantitative estimate of drug-likeness (QED) is 0.247. The highest BCUT2D eigenvalue weighted by Gasteiger charge is 2.29. The van der Waals surface area contributed by atoms with Crippen LogP contribution in [-0.4, -0.2) is 74.4 Å². The highest BCUT2D eigenvalue weighted by molar-refractivity contribution is 5.96. The van der Waals surface area contributed by atoms with Crippen LogP contribution in [0.15, 0.2) is 0 Å². The van der Waals surface area contributed by atoms with Crippen LogP contribution in [0.1, 0.15) is 20.3 Å². The molecule has 0 unspecified atom stereocenters. The van der Waals surface area contributed by atoms with Crippen molar-refractivity contribution in [1.82, 2.24) is 0 Å². The fourth-order valence-corrected chi connectivity index (χ4v) is 0.969. The number of aliphatic hydroxyl groups is 5. The molecule has 0 spiro atoms. The molecule has 0 aromatic rings. The number of carbonyl (C=O) groups excluding carboxylic acids is 3. The first-order valence-electron chi connectivity index (χ1n) is 5.44. The molecule has 0 fully saturated rings. The van der Waals surface area contributed by atoms with Crippen molar-refractivity contribution in [3.05, 3.63) is 0 Å². The van der Waals surface area contributed by atoms with Gasteiger partial charge in [-0.25, -0.2) is 0 Å². The molecule has 112 valence electrons. The van der Waals surface area contributed by atoms with Gasteiger partial charge in [0, 0.05) is 0 Å². The van der Waals surface area contributed by atoms with Crippen LogP contribution in [0.2, 0.25) is 0 Å². The van der Waals surface area contributed by atoms with E-state index < -0.39 is 31.0 Å². The smallest absolute Gasteiger partial charge is 0.151 e. The Hall–Kier alpha value is -1.19. The number of hydrogen-bond donors (Lipinski definition) is 5. The van der Waals surface area contributed by atoms with Gasteiger partial charge in [0.1, 0.15) is 36.0 Å². The second kappa shape index (κ2) is 10.7. The van der Waals surface area contributed by atoms with Crippen LogP contribution in [0.3, 0.4) is 0 Å². The molecule has 0 aliphatic heterocycles. The predicted molar refractivity (Wildman–Crippen MR) is 63.2 cm³/mol. The molecule has 0 rings (SSSR count). The lowest BCUT2D eigenvalue weighted by atomic mass is 10.0. The van der Waals surface area contributed by atoms with Gasteiger partial charge in [-0.2, -0.15) is 0 Å². The van der Waals surface area contributed by atoms with Crippen molar-refractivity contribution in [2.45, 2.75) is 44.7 Å². The van der Waals surface area contributed by atoms with E-state index >= 15 is 0 Å². The minimum Gasteiger partial charge on any atom is -0.394 e. The molecular formula is C11H20O8. The lowest BCUT2D eigenvalue weighted by Gasteiger charge is -2.22. The summed E-state index contributed by atoms with van der Waals surface area (Å²) < 4.78 is 0. The van der Waals surface area contributed by atoms with Gasteiger partial charge in [0.25, 0.3) is 0 Å². The Kier molecular flexibility index (Phi) is 11.3. The molecule has 5 N–H and O–H groups in total. The molecule has 0 saturated carbocycles. The summed E-state index contributed by atoms with van der Waals surface area (Å²) in [6, 6.07) is 0. The Labute approximate surface area is 110 Å². The summed E-state index contributed by atoms with van der Waals surface area (Å²) in [6.07, 6.45) is -6.76. The highest BCUT2D eigenvalue weighted by Crippen LogP contribution is 2.02. The summed E-state index contributed by atoms with van der Waals surface area (Å²) in [5.74, 6) is -0.125. The van der Waals surface area contributed by atoms with Gasteiger partial charge in [-0.3, -0.25) is 9.59 Å². The van der Waals surface area contributed by atoms with E-state index in [4.69, 9.17) is 25.5 Å². The summed E-state index contributed by atoms with van der Waals surface area (Å²) in [5, 5.41) is 43.5. The molecule has 19 heavy (non-hydrogen) atoms. The molecule has 0 aromatic heterocycles. The minimum absolute atomic E-state index is 0.0258. The van der Waals surface area contributed by atoms with Crippen molar-refractivity contribution in [3.63, 3.8) is 0 Å². The normalized spacial score (nSPS) is 16.4. The van der Waals surface area contributed by atoms with Crippen molar-refractivity contribution < 1.29 is 39.9 Å². The van der Waals surface area contributed by atoms with Gasteiger partial charge in [0.2, 0.25) is 0 Å². The third-order valence-corrected chi connectivity index (χ3v) is 1.92. The first-order valence-corrected chi connectivity index (χ1v) is 5.44. The monoisotopic (exact) mass is 280 g/mol. The molecule has 0 aromatic carbocycles. The van der Waals surface area contributed by atoms with Crippen LogP contribution >= 0.6 is 0 Å². The third-order valence-electron chi connectivity index (χ3n) is 1.92. The van der Waals surface area contributed by atoms with E-state index in [0.29, 0.717) is 0 Å². The van der Waals surface area contributed by atoms with Crippen molar-refractivity contribution in [2.24, 2.45) is 0 Å². The maximum absolute atomic E-state index is 10.0. The zero-order chi connectivity index (χ0) is 15.6. The van der Waals surface area contributed by atoms with Gasteiger partial charge >= 0.3 is 0 Å². The fourth-order valence-electron chi connectivity index (χ4n) is 0.969. The summed E-state index contributed by atoms with van der Waals surface area (Å²) in [4.78, 5) is 30.0. The van der Waals surface area contributed by atoms with Gasteiger partial charge in [-0.15, -0.1) is 0 Å². The molecule has 0 bridgehead atoms. The van der Waals surface area contributed by atoms with E-state index in [1.807, 2.05) is 0 Å². The SMILES string of the molecule is CC(=O)CC(C)=O.O=C[C@H](O)[C@@H](O)[C@H](O)[C@H](O)CO. The second-order valence-corrected chi connectivity index (χ2v) is 3.94. The largest absolute Gasteiger partial charge is 0.394 e. The zero-order valence-corrected chi connectivity index (χ0v) is 10.8. The first-order chi connectivity index (χ1) is 8.67. The van der Waals surface area contributed by atoms with E-state index in [1.54, 1.807) is 0 Å². The maximum atomic E-state index is 10.0. The molecule has 8 nitrogen and oxygen atoms in total. The van der Waals surface area contributed by atoms with E-state index in [0.717, 1.165) is 0 Å². The van der Waals surface area contributed by atoms with Crippen LogP contribution in [0.4, 0.5) is 0 Å². The van der Waals surface area contributed by atoms with Crippen molar-refractivity contribution in [2.75, 3.05) is 6.61 Å². The molecular weight excluding hydrogens is 260 g/mol. The Morgan fingerprint density at radius 2 is 1.42 bits per heavy atom. The number of rotatable bonds is 7. The molecule has 0 aliphatic carbocycles. The highest BCUT2D eigenvalue weighted by atomic mass is 16.4.